The number of anilines is 2. The summed E-state index contributed by atoms with van der Waals surface area (Å²) in [5.74, 6) is -1.22. The Morgan fingerprint density at radius 3 is 2.43 bits per heavy atom. The Morgan fingerprint density at radius 1 is 1.19 bits per heavy atom. The van der Waals surface area contributed by atoms with Gasteiger partial charge in [-0.2, -0.15) is 4.57 Å². The van der Waals surface area contributed by atoms with E-state index in [2.05, 4.69) is 5.32 Å². The first-order valence-corrected chi connectivity index (χ1v) is 5.92. The average Bonchev–Trinajstić information content (AvgIpc) is 2.39. The van der Waals surface area contributed by atoms with Crippen LogP contribution < -0.4 is 28.0 Å². The molecule has 0 saturated carbocycles. The first-order chi connectivity index (χ1) is 9.54. The van der Waals surface area contributed by atoms with Gasteiger partial charge in [-0.15, -0.1) is 0 Å². The number of nitrogens with one attached hydrogen (secondary N) is 1. The van der Waals surface area contributed by atoms with Gasteiger partial charge in [0.15, 0.2) is 12.4 Å². The lowest BCUT2D eigenvalue weighted by molar-refractivity contribution is -0.683. The molecule has 0 spiro atoms. The van der Waals surface area contributed by atoms with Crippen LogP contribution in [-0.4, -0.2) is 17.0 Å². The number of benzene rings is 1. The topological polar surface area (TPSA) is 96.3 Å². The van der Waals surface area contributed by atoms with Crippen molar-refractivity contribution in [3.05, 3.63) is 54.4 Å². The highest BCUT2D eigenvalue weighted by molar-refractivity contribution is 5.91. The lowest BCUT2D eigenvalue weighted by atomic mass is 10.2. The van der Waals surface area contributed by atoms with Crippen molar-refractivity contribution in [2.75, 3.05) is 11.1 Å². The van der Waals surface area contributed by atoms with E-state index in [1.54, 1.807) is 41.2 Å². The molecule has 4 N–H and O–H groups in total. The van der Waals surface area contributed by atoms with Gasteiger partial charge in [0.1, 0.15) is 0 Å². The molecule has 6 nitrogen and oxygen atoms in total. The summed E-state index contributed by atoms with van der Waals surface area (Å²) in [4.78, 5) is 22.5. The molecule has 1 heterocycles. The zero-order valence-corrected chi connectivity index (χ0v) is 11.7. The van der Waals surface area contributed by atoms with Crippen LogP contribution in [0.1, 0.15) is 10.4 Å². The number of aromatic nitrogens is 1. The maximum absolute atomic E-state index is 11.8. The summed E-state index contributed by atoms with van der Waals surface area (Å²) >= 11 is 0. The van der Waals surface area contributed by atoms with E-state index in [-0.39, 0.29) is 30.4 Å². The van der Waals surface area contributed by atoms with Crippen LogP contribution in [0, 0.1) is 0 Å². The molecular weight excluding hydrogens is 294 g/mol. The van der Waals surface area contributed by atoms with E-state index in [1.807, 2.05) is 0 Å². The highest BCUT2D eigenvalue weighted by Gasteiger charge is 2.10. The number of carboxylic acids is 1. The minimum Gasteiger partial charge on any atom is -1.00 e. The predicted octanol–water partition coefficient (Wildman–Crippen LogP) is -2.10. The van der Waals surface area contributed by atoms with Crippen LogP contribution >= 0.6 is 0 Å². The normalized spacial score (nSPS) is 9.52. The first-order valence-electron chi connectivity index (χ1n) is 5.92. The average molecular weight is 308 g/mol. The zero-order valence-electron chi connectivity index (χ0n) is 11.0. The lowest BCUT2D eigenvalue weighted by Crippen LogP contribution is -3.00. The summed E-state index contributed by atoms with van der Waals surface area (Å²) < 4.78 is 1.66. The quantitative estimate of drug-likeness (QED) is 0.564. The van der Waals surface area contributed by atoms with Crippen LogP contribution in [0.4, 0.5) is 11.4 Å². The molecule has 0 radical (unpaired) electrons. The number of halogens is 1. The number of hydrogen-bond acceptors (Lipinski definition) is 3. The van der Waals surface area contributed by atoms with Gasteiger partial charge >= 0.3 is 5.97 Å². The number of carbonyl (C=O) groups is 2. The SMILES string of the molecule is Nc1ccc[n+](CC(=O)Nc2ccc(C(=O)O)cc2)c1.[Cl-]. The zero-order chi connectivity index (χ0) is 14.5. The molecule has 1 aromatic carbocycles. The Bertz CT molecular complexity index is 644. The van der Waals surface area contributed by atoms with Gasteiger partial charge in [-0.1, -0.05) is 0 Å². The van der Waals surface area contributed by atoms with Gasteiger partial charge in [-0.05, 0) is 30.3 Å². The number of hydrogen-bond donors (Lipinski definition) is 3. The third-order valence-electron chi connectivity index (χ3n) is 2.62. The highest BCUT2D eigenvalue weighted by atomic mass is 35.5. The molecule has 0 fully saturated rings. The van der Waals surface area contributed by atoms with Crippen molar-refractivity contribution in [2.45, 2.75) is 6.54 Å². The van der Waals surface area contributed by atoms with Crippen molar-refractivity contribution < 1.29 is 31.7 Å². The van der Waals surface area contributed by atoms with Crippen LogP contribution in [0.2, 0.25) is 0 Å². The smallest absolute Gasteiger partial charge is 0.335 e. The molecule has 0 aliphatic rings. The number of nitrogens with two attached hydrogens (primary N) is 1. The molecule has 0 aliphatic carbocycles. The summed E-state index contributed by atoms with van der Waals surface area (Å²) in [7, 11) is 0. The van der Waals surface area contributed by atoms with Gasteiger partial charge in [0.05, 0.1) is 11.3 Å². The van der Waals surface area contributed by atoms with Crippen molar-refractivity contribution in [2.24, 2.45) is 0 Å². The van der Waals surface area contributed by atoms with Crippen LogP contribution in [0.3, 0.4) is 0 Å². The van der Waals surface area contributed by atoms with Gasteiger partial charge in [-0.3, -0.25) is 4.79 Å². The van der Waals surface area contributed by atoms with E-state index < -0.39 is 5.97 Å². The number of aromatic carboxylic acids is 1. The van der Waals surface area contributed by atoms with Gasteiger partial charge in [0, 0.05) is 11.8 Å². The maximum atomic E-state index is 11.8. The Balaban J connectivity index is 0.00000220. The van der Waals surface area contributed by atoms with Crippen LogP contribution in [0.5, 0.6) is 0 Å². The summed E-state index contributed by atoms with van der Waals surface area (Å²) in [6.07, 6.45) is 3.40. The summed E-state index contributed by atoms with van der Waals surface area (Å²) in [5, 5.41) is 11.5. The highest BCUT2D eigenvalue weighted by Crippen LogP contribution is 2.09. The minimum atomic E-state index is -1.00. The second-order valence-corrected chi connectivity index (χ2v) is 4.24. The largest absolute Gasteiger partial charge is 1.00 e. The molecule has 1 amide bonds. The molecule has 2 rings (SSSR count). The second-order valence-electron chi connectivity index (χ2n) is 4.24. The molecule has 2 aromatic rings. The van der Waals surface area contributed by atoms with Crippen LogP contribution in [0.25, 0.3) is 0 Å². The van der Waals surface area contributed by atoms with E-state index in [1.165, 1.54) is 12.1 Å². The van der Waals surface area contributed by atoms with Crippen molar-refractivity contribution in [3.8, 4) is 0 Å². The van der Waals surface area contributed by atoms with Crippen molar-refractivity contribution in [1.82, 2.24) is 0 Å². The minimum absolute atomic E-state index is 0. The number of nitrogens with zero attached hydrogens (tertiary/aromatic N) is 1. The molecule has 21 heavy (non-hydrogen) atoms. The Morgan fingerprint density at radius 2 is 1.86 bits per heavy atom. The van der Waals surface area contributed by atoms with Crippen molar-refractivity contribution in [1.29, 1.82) is 0 Å². The second kappa shape index (κ2) is 7.25. The number of nitrogen functional groups attached to an aromatic ring is 1. The Kier molecular flexibility index (Phi) is 5.68. The monoisotopic (exact) mass is 307 g/mol. The van der Waals surface area contributed by atoms with Crippen LogP contribution in [0.15, 0.2) is 48.8 Å². The Hall–Kier alpha value is -2.60. The number of amides is 1. The molecule has 0 aliphatic heterocycles. The van der Waals surface area contributed by atoms with E-state index in [0.29, 0.717) is 11.4 Å². The summed E-state index contributed by atoms with van der Waals surface area (Å²) in [6.45, 7) is 0.131. The van der Waals surface area contributed by atoms with Gasteiger partial charge < -0.3 is 28.6 Å². The molecule has 0 unspecified atom stereocenters. The Labute approximate surface area is 127 Å². The number of carboxylic acid groups (broad SMARTS) is 1. The third-order valence-corrected chi connectivity index (χ3v) is 2.62. The van der Waals surface area contributed by atoms with E-state index in [4.69, 9.17) is 10.8 Å². The van der Waals surface area contributed by atoms with Crippen molar-refractivity contribution in [3.63, 3.8) is 0 Å². The predicted molar refractivity (Wildman–Crippen MR) is 73.1 cm³/mol. The lowest BCUT2D eigenvalue weighted by Gasteiger charge is -2.03. The molecular formula is C14H14ClN3O3. The van der Waals surface area contributed by atoms with E-state index >= 15 is 0 Å². The maximum Gasteiger partial charge on any atom is 0.335 e. The fraction of sp³-hybridized carbons (Fsp3) is 0.0714. The van der Waals surface area contributed by atoms with Crippen molar-refractivity contribution >= 4 is 23.3 Å². The molecule has 0 bridgehead atoms. The number of carbonyl (C=O) groups excluding carboxylic acids is 1. The fourth-order valence-corrected chi connectivity index (χ4v) is 1.70. The van der Waals surface area contributed by atoms with Crippen LogP contribution in [-0.2, 0) is 11.3 Å². The number of pyridine rings is 1. The number of rotatable bonds is 4. The first kappa shape index (κ1) is 16.5. The standard InChI is InChI=1S/C14H13N3O3.ClH/c15-11-2-1-7-17(8-11)9-13(18)16-12-5-3-10(4-6-12)14(19)20;/h1-8H,9,15H2,(H-,16,18,19,20);1H. The van der Waals surface area contributed by atoms with Gasteiger partial charge in [0.2, 0.25) is 6.54 Å². The summed E-state index contributed by atoms with van der Waals surface area (Å²) in [5.41, 5.74) is 6.92. The van der Waals surface area contributed by atoms with Gasteiger partial charge in [0.25, 0.3) is 5.91 Å². The molecule has 1 aromatic heterocycles. The third kappa shape index (κ3) is 4.77. The van der Waals surface area contributed by atoms with E-state index in [9.17, 15) is 9.59 Å². The van der Waals surface area contributed by atoms with E-state index in [0.717, 1.165) is 0 Å². The summed E-state index contributed by atoms with van der Waals surface area (Å²) in [6, 6.07) is 9.46. The molecule has 7 heteroatoms. The molecule has 0 saturated heterocycles. The molecule has 110 valence electrons. The molecule has 0 atom stereocenters. The van der Waals surface area contributed by atoms with Gasteiger partial charge in [-0.25, -0.2) is 4.79 Å². The fourth-order valence-electron chi connectivity index (χ4n) is 1.70.